The first-order valence-corrected chi connectivity index (χ1v) is 25.0. The SMILES string of the molecule is Cc1cc(C)cc(C2=C(/C=C/C(=C/[CH2][Pb])c3cc4c5c(c3O)CCCN5CCC4)CCC/C2=C\C=C2/C=[C]([Pb])Oc3c2cc2c4c3CCCN4CCC2)c1. The summed E-state index contributed by atoms with van der Waals surface area (Å²) in [5, 5.41) is 11.8. The van der Waals surface area contributed by atoms with Crippen LogP contribution in [-0.4, -0.2) is 82.8 Å². The van der Waals surface area contributed by atoms with E-state index in [1.54, 1.807) is 0 Å². The van der Waals surface area contributed by atoms with Gasteiger partial charge in [-0.05, 0) is 0 Å². The molecule has 6 heteroatoms. The van der Waals surface area contributed by atoms with Crippen LogP contribution in [0.1, 0.15) is 95.0 Å². The Labute approximate surface area is 353 Å². The molecule has 3 aromatic rings. The van der Waals surface area contributed by atoms with Crippen molar-refractivity contribution in [3.05, 3.63) is 131 Å². The summed E-state index contributed by atoms with van der Waals surface area (Å²) in [6.07, 6.45) is 26.6. The van der Waals surface area contributed by atoms with Crippen molar-refractivity contribution in [3.8, 4) is 11.5 Å². The summed E-state index contributed by atoms with van der Waals surface area (Å²) in [7, 11) is 0. The third-order valence-corrected chi connectivity index (χ3v) is 14.1. The molecule has 5 aliphatic heterocycles. The van der Waals surface area contributed by atoms with Gasteiger partial charge in [-0.1, -0.05) is 0 Å². The van der Waals surface area contributed by atoms with E-state index in [0.29, 0.717) is 5.75 Å². The van der Waals surface area contributed by atoms with Crippen molar-refractivity contribution in [3.63, 3.8) is 0 Å². The third kappa shape index (κ3) is 6.94. The first-order chi connectivity index (χ1) is 26.4. The Balaban J connectivity index is 1.14. The summed E-state index contributed by atoms with van der Waals surface area (Å²) < 4.78 is 8.79. The Hall–Kier alpha value is -2.86. The number of allylic oxidation sites excluding steroid dienone is 11. The van der Waals surface area contributed by atoms with Gasteiger partial charge < -0.3 is 0 Å². The standard InChI is InChI=1S/C48H50N2O2.2Pb/c1-4-33(42-29-37-12-6-21-49-23-8-14-40(45(37)49)47(42)51)16-18-35-10-5-11-36(44(35)39-27-31(2)26-32(3)28-39)19-17-34-20-25-52-48-41-15-9-24-50-22-7-13-38(46(41)50)30-43(34)48;;/h4,16-20,26-30,51H,1,5-15,21-24H2,2-3H3;;/b18-16+,33-4-,34-17+,36-19+;;. The van der Waals surface area contributed by atoms with E-state index >= 15 is 0 Å². The molecular formula is C48H50N2O2Pb2. The van der Waals surface area contributed by atoms with Gasteiger partial charge in [-0.25, -0.2) is 0 Å². The molecule has 1 N–H and O–H groups in total. The minimum absolute atomic E-state index is 0.511. The van der Waals surface area contributed by atoms with Gasteiger partial charge in [-0.15, -0.1) is 0 Å². The number of nitrogens with zero attached hydrogens (tertiary/aromatic N) is 2. The summed E-state index contributed by atoms with van der Waals surface area (Å²) >= 11 is 1.98. The molecule has 0 spiro atoms. The second-order valence-corrected chi connectivity index (χ2v) is 19.6. The maximum atomic E-state index is 11.8. The Morgan fingerprint density at radius 2 is 1.44 bits per heavy atom. The Morgan fingerprint density at radius 1 is 0.778 bits per heavy atom. The summed E-state index contributed by atoms with van der Waals surface area (Å²) in [5.41, 5.74) is 21.2. The number of benzene rings is 3. The zero-order chi connectivity index (χ0) is 36.9. The van der Waals surface area contributed by atoms with Crippen LogP contribution in [0.15, 0.2) is 81.3 Å². The van der Waals surface area contributed by atoms with Crippen LogP contribution in [0.5, 0.6) is 11.5 Å². The van der Waals surface area contributed by atoms with Crippen LogP contribution in [-0.2, 0) is 25.7 Å². The minimum atomic E-state index is 0.511. The van der Waals surface area contributed by atoms with E-state index in [0.717, 1.165) is 135 Å². The van der Waals surface area contributed by atoms with Gasteiger partial charge in [-0.3, -0.25) is 0 Å². The van der Waals surface area contributed by atoms with Gasteiger partial charge in [0, 0.05) is 0 Å². The molecule has 6 aliphatic rings. The summed E-state index contributed by atoms with van der Waals surface area (Å²) in [5.74, 6) is 1.64. The monoisotopic (exact) mass is 1100 g/mol. The van der Waals surface area contributed by atoms with Crippen LogP contribution < -0.4 is 14.5 Å². The van der Waals surface area contributed by atoms with Gasteiger partial charge in [-0.2, -0.15) is 0 Å². The first-order valence-electron chi connectivity index (χ1n) is 20.3. The molecule has 5 heterocycles. The van der Waals surface area contributed by atoms with E-state index in [1.807, 2.05) is 0 Å². The van der Waals surface area contributed by atoms with E-state index in [4.69, 9.17) is 4.74 Å². The molecule has 0 aromatic heterocycles. The van der Waals surface area contributed by atoms with Gasteiger partial charge in [0.2, 0.25) is 0 Å². The normalized spacial score (nSPS) is 21.0. The van der Waals surface area contributed by atoms with Crippen LogP contribution in [0.3, 0.4) is 0 Å². The van der Waals surface area contributed by atoms with Crippen molar-refractivity contribution in [2.45, 2.75) is 88.5 Å². The summed E-state index contributed by atoms with van der Waals surface area (Å²) in [4.78, 5) is 5.14. The van der Waals surface area contributed by atoms with Crippen molar-refractivity contribution in [2.75, 3.05) is 36.0 Å². The molecule has 9 rings (SSSR count). The quantitative estimate of drug-likeness (QED) is 0.197. The van der Waals surface area contributed by atoms with Gasteiger partial charge in [0.05, 0.1) is 0 Å². The molecule has 0 saturated carbocycles. The Kier molecular flexibility index (Phi) is 10.6. The van der Waals surface area contributed by atoms with E-state index in [9.17, 15) is 5.11 Å². The van der Waals surface area contributed by atoms with Crippen molar-refractivity contribution in [2.24, 2.45) is 0 Å². The second-order valence-electron chi connectivity index (χ2n) is 16.1. The summed E-state index contributed by atoms with van der Waals surface area (Å²) in [6.45, 7) is 9.03. The number of fused-ring (bicyclic) bond motifs is 2. The molecule has 4 nitrogen and oxygen atoms in total. The number of hydrogen-bond acceptors (Lipinski definition) is 4. The van der Waals surface area contributed by atoms with E-state index < -0.39 is 0 Å². The van der Waals surface area contributed by atoms with E-state index in [2.05, 4.69) is 90.4 Å². The zero-order valence-corrected chi connectivity index (χ0v) is 39.7. The maximum absolute atomic E-state index is 11.8. The molecule has 0 atom stereocenters. The van der Waals surface area contributed by atoms with Gasteiger partial charge in [0.15, 0.2) is 0 Å². The second kappa shape index (κ2) is 15.6. The molecule has 0 saturated heterocycles. The van der Waals surface area contributed by atoms with Gasteiger partial charge in [0.1, 0.15) is 0 Å². The number of phenolic OH excluding ortho intramolecular Hbond substituents is 1. The zero-order valence-electron chi connectivity index (χ0n) is 31.9. The fraction of sp³-hybridized carbons (Fsp3) is 0.375. The van der Waals surface area contributed by atoms with Gasteiger partial charge >= 0.3 is 357 Å². The average Bonchev–Trinajstić information content (AvgIpc) is 3.17. The fourth-order valence-corrected chi connectivity index (χ4v) is 12.1. The van der Waals surface area contributed by atoms with Crippen LogP contribution in [0.25, 0.3) is 16.7 Å². The van der Waals surface area contributed by atoms with Crippen molar-refractivity contribution >= 4 is 79.6 Å². The predicted molar refractivity (Wildman–Crippen MR) is 227 cm³/mol. The number of aryl methyl sites for hydroxylation is 4. The molecule has 3 aromatic carbocycles. The van der Waals surface area contributed by atoms with E-state index in [1.165, 1.54) is 116 Å². The molecule has 54 heavy (non-hydrogen) atoms. The van der Waals surface area contributed by atoms with Gasteiger partial charge in [0.25, 0.3) is 0 Å². The van der Waals surface area contributed by atoms with Crippen LogP contribution in [0.4, 0.5) is 11.4 Å². The number of phenols is 1. The molecule has 1 aliphatic carbocycles. The van der Waals surface area contributed by atoms with Crippen LogP contribution >= 0.6 is 0 Å². The molecule has 0 unspecified atom stereocenters. The molecule has 0 bridgehead atoms. The van der Waals surface area contributed by atoms with E-state index in [-0.39, 0.29) is 0 Å². The molecule has 6 radical (unpaired) electrons. The topological polar surface area (TPSA) is 35.9 Å². The van der Waals surface area contributed by atoms with Crippen molar-refractivity contribution in [1.82, 2.24) is 0 Å². The number of hydrogen-bond donors (Lipinski definition) is 1. The fourth-order valence-electron chi connectivity index (χ4n) is 10.2. The number of ether oxygens (including phenoxy) is 1. The number of aromatic hydroxyl groups is 1. The first kappa shape index (κ1) is 36.8. The number of anilines is 2. The van der Waals surface area contributed by atoms with Crippen LogP contribution in [0.2, 0.25) is 3.98 Å². The Morgan fingerprint density at radius 3 is 2.17 bits per heavy atom. The van der Waals surface area contributed by atoms with Crippen molar-refractivity contribution in [1.29, 1.82) is 0 Å². The number of rotatable bonds is 6. The molecule has 0 fully saturated rings. The Bertz CT molecular complexity index is 2210. The summed E-state index contributed by atoms with van der Waals surface area (Å²) in [6, 6.07) is 11.8. The third-order valence-electron chi connectivity index (χ3n) is 12.4. The molecule has 0 amide bonds. The predicted octanol–water partition coefficient (Wildman–Crippen LogP) is 9.98. The average molecular weight is 1100 g/mol. The van der Waals surface area contributed by atoms with Crippen molar-refractivity contribution < 1.29 is 9.84 Å². The molecule has 272 valence electrons. The molecular weight excluding hydrogens is 1050 g/mol. The van der Waals surface area contributed by atoms with Crippen LogP contribution in [0, 0.1) is 13.8 Å².